The highest BCUT2D eigenvalue weighted by molar-refractivity contribution is 6.31. The summed E-state index contributed by atoms with van der Waals surface area (Å²) in [7, 11) is 0. The summed E-state index contributed by atoms with van der Waals surface area (Å²) in [6.07, 6.45) is 6.68. The molecule has 1 atom stereocenters. The quantitative estimate of drug-likeness (QED) is 0.165. The molecular formula is C39H43ClN2O3. The first-order valence-corrected chi connectivity index (χ1v) is 16.3. The molecule has 4 aromatic carbocycles. The van der Waals surface area contributed by atoms with Gasteiger partial charge in [0.2, 0.25) is 0 Å². The molecule has 1 fully saturated rings. The van der Waals surface area contributed by atoms with Crippen molar-refractivity contribution in [2.75, 3.05) is 5.32 Å². The lowest BCUT2D eigenvalue weighted by atomic mass is 9.83. The van der Waals surface area contributed by atoms with E-state index in [1.54, 1.807) is 18.2 Å². The van der Waals surface area contributed by atoms with Gasteiger partial charge in [-0.2, -0.15) is 0 Å². The van der Waals surface area contributed by atoms with Crippen LogP contribution in [0, 0.1) is 0 Å². The van der Waals surface area contributed by atoms with Gasteiger partial charge >= 0.3 is 5.97 Å². The summed E-state index contributed by atoms with van der Waals surface area (Å²) >= 11 is 6.26. The van der Waals surface area contributed by atoms with Crippen LogP contribution in [0.1, 0.15) is 91.4 Å². The van der Waals surface area contributed by atoms with Crippen LogP contribution in [0.2, 0.25) is 5.02 Å². The highest BCUT2D eigenvalue weighted by atomic mass is 35.5. The second kappa shape index (κ2) is 14.3. The Morgan fingerprint density at radius 1 is 0.822 bits per heavy atom. The Kier molecular flexibility index (Phi) is 10.3. The van der Waals surface area contributed by atoms with Crippen molar-refractivity contribution in [1.29, 1.82) is 0 Å². The number of carboxylic acid groups (broad SMARTS) is 1. The molecule has 1 amide bonds. The van der Waals surface area contributed by atoms with Crippen LogP contribution >= 0.6 is 11.6 Å². The molecule has 0 saturated heterocycles. The number of rotatable bonds is 10. The maximum absolute atomic E-state index is 13.4. The van der Waals surface area contributed by atoms with Crippen LogP contribution in [0.15, 0.2) is 91.0 Å². The number of hydrogen-bond donors (Lipinski definition) is 3. The number of benzene rings is 4. The number of halogens is 1. The molecule has 0 bridgehead atoms. The lowest BCUT2D eigenvalue weighted by Gasteiger charge is -2.22. The molecule has 0 heterocycles. The fraction of sp³-hybridized carbons (Fsp3) is 0.333. The Labute approximate surface area is 272 Å². The first kappa shape index (κ1) is 32.3. The Hall–Kier alpha value is -4.09. The number of amides is 1. The van der Waals surface area contributed by atoms with E-state index in [1.807, 2.05) is 24.3 Å². The highest BCUT2D eigenvalue weighted by Gasteiger charge is 2.23. The molecule has 1 saturated carbocycles. The summed E-state index contributed by atoms with van der Waals surface area (Å²) in [4.78, 5) is 25.6. The predicted octanol–water partition coefficient (Wildman–Crippen LogP) is 9.39. The minimum atomic E-state index is -1.10. The van der Waals surface area contributed by atoms with Crippen LogP contribution < -0.4 is 10.6 Å². The molecule has 4 aromatic rings. The van der Waals surface area contributed by atoms with E-state index in [2.05, 4.69) is 79.9 Å². The van der Waals surface area contributed by atoms with Gasteiger partial charge in [-0.15, -0.1) is 0 Å². The van der Waals surface area contributed by atoms with Gasteiger partial charge in [-0.3, -0.25) is 4.79 Å². The van der Waals surface area contributed by atoms with E-state index in [0.717, 1.165) is 22.3 Å². The number of carboxylic acids is 1. The van der Waals surface area contributed by atoms with Crippen LogP contribution in [0.25, 0.3) is 11.1 Å². The van der Waals surface area contributed by atoms with Crippen molar-refractivity contribution >= 4 is 29.2 Å². The van der Waals surface area contributed by atoms with E-state index in [0.29, 0.717) is 28.7 Å². The second-order valence-corrected chi connectivity index (χ2v) is 13.6. The van der Waals surface area contributed by atoms with E-state index in [1.165, 1.54) is 43.2 Å². The van der Waals surface area contributed by atoms with E-state index >= 15 is 0 Å². The molecule has 1 aliphatic rings. The van der Waals surface area contributed by atoms with Gasteiger partial charge in [0.1, 0.15) is 6.04 Å². The smallest absolute Gasteiger partial charge is 0.326 e. The van der Waals surface area contributed by atoms with Crippen molar-refractivity contribution in [1.82, 2.24) is 5.32 Å². The summed E-state index contributed by atoms with van der Waals surface area (Å²) in [5.41, 5.74) is 7.72. The largest absolute Gasteiger partial charge is 0.480 e. The summed E-state index contributed by atoms with van der Waals surface area (Å²) in [6.45, 7) is 7.03. The Balaban J connectivity index is 1.23. The molecule has 0 radical (unpaired) electrons. The first-order valence-electron chi connectivity index (χ1n) is 15.9. The van der Waals surface area contributed by atoms with Crippen LogP contribution in [-0.4, -0.2) is 23.0 Å². The lowest BCUT2D eigenvalue weighted by molar-refractivity contribution is -0.139. The average molecular weight is 623 g/mol. The normalized spacial score (nSPS) is 14.5. The van der Waals surface area contributed by atoms with Gasteiger partial charge in [-0.25, -0.2) is 4.79 Å². The zero-order valence-electron chi connectivity index (χ0n) is 26.4. The Morgan fingerprint density at radius 3 is 2.02 bits per heavy atom. The molecule has 3 N–H and O–H groups in total. The topological polar surface area (TPSA) is 78.4 Å². The molecule has 0 aliphatic heterocycles. The monoisotopic (exact) mass is 622 g/mol. The standard InChI is InChI=1S/C39H43ClN2O3/c1-39(2,3)32-19-11-27(12-20-32)25-41-35-22-21-33(40)24-34(35)37(43)42-36(38(44)45)23-26-9-13-29(14-10-26)31-17-15-30(16-18-31)28-7-5-4-6-8-28/h9-22,24,28,36,41H,4-8,23,25H2,1-3H3,(H,42,43)(H,44,45)/t36-/m0/s1. The third kappa shape index (κ3) is 8.55. The van der Waals surface area contributed by atoms with Gasteiger partial charge in [-0.05, 0) is 75.8 Å². The van der Waals surface area contributed by atoms with E-state index < -0.39 is 17.9 Å². The van der Waals surface area contributed by atoms with Crippen LogP contribution in [0.3, 0.4) is 0 Å². The van der Waals surface area contributed by atoms with Crippen molar-refractivity contribution in [2.45, 2.75) is 83.2 Å². The van der Waals surface area contributed by atoms with E-state index in [4.69, 9.17) is 11.6 Å². The molecule has 5 nitrogen and oxygen atoms in total. The molecule has 45 heavy (non-hydrogen) atoms. The summed E-state index contributed by atoms with van der Waals surface area (Å²) < 4.78 is 0. The van der Waals surface area contributed by atoms with E-state index in [9.17, 15) is 14.7 Å². The number of nitrogens with one attached hydrogen (secondary N) is 2. The maximum atomic E-state index is 13.4. The van der Waals surface area contributed by atoms with Crippen LogP contribution in [-0.2, 0) is 23.2 Å². The molecule has 0 spiro atoms. The van der Waals surface area contributed by atoms with Crippen LogP contribution in [0.5, 0.6) is 0 Å². The lowest BCUT2D eigenvalue weighted by Crippen LogP contribution is -2.42. The predicted molar refractivity (Wildman–Crippen MR) is 184 cm³/mol. The van der Waals surface area contributed by atoms with Gasteiger partial charge in [0, 0.05) is 23.7 Å². The zero-order chi connectivity index (χ0) is 32.0. The molecule has 0 aromatic heterocycles. The van der Waals surface area contributed by atoms with Gasteiger partial charge in [-0.1, -0.05) is 124 Å². The number of aliphatic carboxylic acids is 1. The first-order chi connectivity index (χ1) is 21.6. The summed E-state index contributed by atoms with van der Waals surface area (Å²) in [5.74, 6) is -0.922. The van der Waals surface area contributed by atoms with Crippen LogP contribution in [0.4, 0.5) is 5.69 Å². The number of anilines is 1. The van der Waals surface area contributed by atoms with Crippen molar-refractivity contribution in [3.8, 4) is 11.1 Å². The average Bonchev–Trinajstić information content (AvgIpc) is 3.04. The van der Waals surface area contributed by atoms with E-state index in [-0.39, 0.29) is 11.8 Å². The van der Waals surface area contributed by atoms with Gasteiger partial charge in [0.05, 0.1) is 5.56 Å². The van der Waals surface area contributed by atoms with Crippen molar-refractivity contribution in [3.05, 3.63) is 124 Å². The van der Waals surface area contributed by atoms with Crippen molar-refractivity contribution < 1.29 is 14.7 Å². The Bertz CT molecular complexity index is 1600. The molecule has 5 rings (SSSR count). The molecule has 1 aliphatic carbocycles. The molecule has 6 heteroatoms. The highest BCUT2D eigenvalue weighted by Crippen LogP contribution is 2.33. The number of hydrogen-bond acceptors (Lipinski definition) is 3. The van der Waals surface area contributed by atoms with Crippen molar-refractivity contribution in [3.63, 3.8) is 0 Å². The summed E-state index contributed by atoms with van der Waals surface area (Å²) in [6, 6.07) is 29.0. The fourth-order valence-corrected chi connectivity index (χ4v) is 6.24. The SMILES string of the molecule is CC(C)(C)c1ccc(CNc2ccc(Cl)cc2C(=O)N[C@@H](Cc2ccc(-c3ccc(C4CCCCC4)cc3)cc2)C(=O)O)cc1. The fourth-order valence-electron chi connectivity index (χ4n) is 6.07. The van der Waals surface area contributed by atoms with Gasteiger partial charge in [0.15, 0.2) is 0 Å². The zero-order valence-corrected chi connectivity index (χ0v) is 27.2. The minimum absolute atomic E-state index is 0.0658. The molecular weight excluding hydrogens is 580 g/mol. The Morgan fingerprint density at radius 2 is 1.42 bits per heavy atom. The number of carbonyl (C=O) groups excluding carboxylic acids is 1. The second-order valence-electron chi connectivity index (χ2n) is 13.2. The molecule has 234 valence electrons. The van der Waals surface area contributed by atoms with Crippen molar-refractivity contribution in [2.24, 2.45) is 0 Å². The third-order valence-corrected chi connectivity index (χ3v) is 9.08. The van der Waals surface area contributed by atoms with Gasteiger partial charge in [0.25, 0.3) is 5.91 Å². The maximum Gasteiger partial charge on any atom is 0.326 e. The molecule has 0 unspecified atom stereocenters. The van der Waals surface area contributed by atoms with Gasteiger partial charge < -0.3 is 15.7 Å². The third-order valence-electron chi connectivity index (χ3n) is 8.85. The minimum Gasteiger partial charge on any atom is -0.480 e. The summed E-state index contributed by atoms with van der Waals surface area (Å²) in [5, 5.41) is 16.4. The number of carbonyl (C=O) groups is 2.